The maximum atomic E-state index is 13.4. The fourth-order valence-corrected chi connectivity index (χ4v) is 2.79. The van der Waals surface area contributed by atoms with E-state index in [1.165, 1.54) is 23.3 Å². The summed E-state index contributed by atoms with van der Waals surface area (Å²) in [5, 5.41) is 2.99. The lowest BCUT2D eigenvalue weighted by atomic mass is 10.0. The predicted octanol–water partition coefficient (Wildman–Crippen LogP) is 4.45. The van der Waals surface area contributed by atoms with Crippen molar-refractivity contribution in [1.82, 2.24) is 10.2 Å². The number of rotatable bonds is 6. The van der Waals surface area contributed by atoms with Crippen LogP contribution in [0.2, 0.25) is 0 Å². The van der Waals surface area contributed by atoms with Crippen molar-refractivity contribution in [2.45, 2.75) is 39.8 Å². The van der Waals surface area contributed by atoms with E-state index in [1.807, 2.05) is 32.9 Å². The van der Waals surface area contributed by atoms with Gasteiger partial charge in [-0.15, -0.1) is 0 Å². The van der Waals surface area contributed by atoms with Crippen molar-refractivity contribution in [1.29, 1.82) is 0 Å². The van der Waals surface area contributed by atoms with Gasteiger partial charge >= 0.3 is 0 Å². The molecule has 1 amide bonds. The number of likely N-dealkylation sites (N-methyl/N-ethyl adjacent to an activating group) is 1. The number of benzene rings is 2. The summed E-state index contributed by atoms with van der Waals surface area (Å²) in [6.45, 7) is 8.06. The van der Waals surface area contributed by atoms with Crippen molar-refractivity contribution < 1.29 is 13.6 Å². The predicted molar refractivity (Wildman–Crippen MR) is 99.9 cm³/mol. The van der Waals surface area contributed by atoms with E-state index < -0.39 is 11.6 Å². The number of carbonyl (C=O) groups excluding carboxylic acids is 1. The van der Waals surface area contributed by atoms with Gasteiger partial charge < -0.3 is 5.32 Å². The van der Waals surface area contributed by atoms with Gasteiger partial charge in [0.2, 0.25) is 5.91 Å². The Morgan fingerprint density at radius 1 is 1.00 bits per heavy atom. The van der Waals surface area contributed by atoms with Crippen molar-refractivity contribution in [3.05, 3.63) is 70.3 Å². The third-order valence-electron chi connectivity index (χ3n) is 4.89. The zero-order valence-electron chi connectivity index (χ0n) is 15.9. The van der Waals surface area contributed by atoms with Crippen LogP contribution in [-0.2, 0) is 4.79 Å². The summed E-state index contributed by atoms with van der Waals surface area (Å²) in [5.41, 5.74) is 4.08. The molecule has 0 saturated heterocycles. The Labute approximate surface area is 154 Å². The minimum Gasteiger partial charge on any atom is -0.348 e. The highest BCUT2D eigenvalue weighted by Gasteiger charge is 2.18. The molecule has 0 bridgehead atoms. The van der Waals surface area contributed by atoms with Gasteiger partial charge in [0.1, 0.15) is 0 Å². The Balaban J connectivity index is 1.97. The molecule has 0 aromatic heterocycles. The molecular formula is C21H26F2N2O. The zero-order valence-corrected chi connectivity index (χ0v) is 15.9. The first-order valence-corrected chi connectivity index (χ1v) is 8.70. The van der Waals surface area contributed by atoms with Gasteiger partial charge in [-0.3, -0.25) is 9.69 Å². The molecule has 0 aliphatic rings. The lowest BCUT2D eigenvalue weighted by molar-refractivity contribution is -0.123. The molecule has 0 fully saturated rings. The smallest absolute Gasteiger partial charge is 0.234 e. The molecule has 140 valence electrons. The molecule has 2 rings (SSSR count). The van der Waals surface area contributed by atoms with E-state index in [0.29, 0.717) is 5.56 Å². The molecule has 3 nitrogen and oxygen atoms in total. The molecule has 0 aliphatic carbocycles. The first kappa shape index (κ1) is 20.0. The van der Waals surface area contributed by atoms with Crippen LogP contribution in [0.1, 0.15) is 48.2 Å². The molecule has 2 atom stereocenters. The number of halogens is 2. The molecule has 2 aromatic carbocycles. The number of hydrogen-bond acceptors (Lipinski definition) is 2. The fraction of sp³-hybridized carbons (Fsp3) is 0.381. The molecule has 0 heterocycles. The molecule has 0 radical (unpaired) electrons. The highest BCUT2D eigenvalue weighted by Crippen LogP contribution is 2.21. The van der Waals surface area contributed by atoms with E-state index in [0.717, 1.165) is 11.6 Å². The molecule has 1 N–H and O–H groups in total. The van der Waals surface area contributed by atoms with Crippen molar-refractivity contribution >= 4 is 5.91 Å². The van der Waals surface area contributed by atoms with Crippen LogP contribution in [-0.4, -0.2) is 24.4 Å². The Hall–Kier alpha value is -2.27. The van der Waals surface area contributed by atoms with Crippen LogP contribution in [0.3, 0.4) is 0 Å². The third kappa shape index (κ3) is 4.88. The van der Waals surface area contributed by atoms with Crippen LogP contribution in [0.15, 0.2) is 36.4 Å². The maximum absolute atomic E-state index is 13.4. The highest BCUT2D eigenvalue weighted by atomic mass is 19.2. The molecule has 2 unspecified atom stereocenters. The number of nitrogens with one attached hydrogen (secondary N) is 1. The minimum absolute atomic E-state index is 0.103. The zero-order chi connectivity index (χ0) is 19.4. The van der Waals surface area contributed by atoms with E-state index in [1.54, 1.807) is 11.9 Å². The number of nitrogens with zero attached hydrogens (tertiary/aromatic N) is 1. The van der Waals surface area contributed by atoms with Gasteiger partial charge in [0.15, 0.2) is 11.6 Å². The van der Waals surface area contributed by atoms with Gasteiger partial charge in [-0.2, -0.15) is 0 Å². The lowest BCUT2D eigenvalue weighted by Crippen LogP contribution is -2.37. The Morgan fingerprint density at radius 3 is 2.27 bits per heavy atom. The molecule has 5 heteroatoms. The average Bonchev–Trinajstić information content (AvgIpc) is 2.58. The molecule has 0 saturated carbocycles. The summed E-state index contributed by atoms with van der Waals surface area (Å²) >= 11 is 0. The van der Waals surface area contributed by atoms with Crippen LogP contribution in [0.4, 0.5) is 8.78 Å². The van der Waals surface area contributed by atoms with Gasteiger partial charge in [-0.05, 0) is 69.1 Å². The van der Waals surface area contributed by atoms with Crippen molar-refractivity contribution in [3.8, 4) is 0 Å². The van der Waals surface area contributed by atoms with Crippen molar-refractivity contribution in [3.63, 3.8) is 0 Å². The summed E-state index contributed by atoms with van der Waals surface area (Å²) in [4.78, 5) is 14.2. The first-order chi connectivity index (χ1) is 12.2. The Morgan fingerprint density at radius 2 is 1.65 bits per heavy atom. The number of hydrogen-bond donors (Lipinski definition) is 1. The fourth-order valence-electron chi connectivity index (χ4n) is 2.79. The number of aryl methyl sites for hydroxylation is 2. The van der Waals surface area contributed by atoms with Crippen molar-refractivity contribution in [2.24, 2.45) is 0 Å². The van der Waals surface area contributed by atoms with Gasteiger partial charge in [0.25, 0.3) is 0 Å². The minimum atomic E-state index is -0.879. The van der Waals surface area contributed by atoms with E-state index in [4.69, 9.17) is 0 Å². The second-order valence-electron chi connectivity index (χ2n) is 6.90. The maximum Gasteiger partial charge on any atom is 0.234 e. The highest BCUT2D eigenvalue weighted by molar-refractivity contribution is 5.78. The Bertz CT molecular complexity index is 792. The van der Waals surface area contributed by atoms with Crippen LogP contribution in [0.5, 0.6) is 0 Å². The van der Waals surface area contributed by atoms with Gasteiger partial charge in [-0.1, -0.05) is 24.3 Å². The monoisotopic (exact) mass is 360 g/mol. The average molecular weight is 360 g/mol. The number of carbonyl (C=O) groups is 1. The topological polar surface area (TPSA) is 32.3 Å². The van der Waals surface area contributed by atoms with Gasteiger partial charge in [0.05, 0.1) is 12.6 Å². The molecular weight excluding hydrogens is 334 g/mol. The second-order valence-corrected chi connectivity index (χ2v) is 6.90. The summed E-state index contributed by atoms with van der Waals surface area (Å²) in [6.07, 6.45) is 0. The van der Waals surface area contributed by atoms with E-state index >= 15 is 0 Å². The van der Waals surface area contributed by atoms with E-state index in [-0.39, 0.29) is 24.5 Å². The van der Waals surface area contributed by atoms with E-state index in [2.05, 4.69) is 18.3 Å². The summed E-state index contributed by atoms with van der Waals surface area (Å²) in [7, 11) is 1.78. The van der Waals surface area contributed by atoms with Crippen LogP contribution in [0.25, 0.3) is 0 Å². The summed E-state index contributed by atoms with van der Waals surface area (Å²) in [6, 6.07) is 9.64. The molecule has 0 spiro atoms. The SMILES string of the molecule is Cc1ccc(C(C)NC(=O)CN(C)C(C)c2ccc(F)c(F)c2)cc1C. The third-order valence-corrected chi connectivity index (χ3v) is 4.89. The molecule has 2 aromatic rings. The first-order valence-electron chi connectivity index (χ1n) is 8.70. The summed E-state index contributed by atoms with van der Waals surface area (Å²) in [5.74, 6) is -1.87. The van der Waals surface area contributed by atoms with Crippen LogP contribution in [0, 0.1) is 25.5 Å². The molecule has 26 heavy (non-hydrogen) atoms. The number of amides is 1. The van der Waals surface area contributed by atoms with Crippen LogP contribution < -0.4 is 5.32 Å². The lowest BCUT2D eigenvalue weighted by Gasteiger charge is -2.25. The molecule has 0 aliphatic heterocycles. The second kappa shape index (κ2) is 8.41. The largest absolute Gasteiger partial charge is 0.348 e. The van der Waals surface area contributed by atoms with Gasteiger partial charge in [0, 0.05) is 6.04 Å². The van der Waals surface area contributed by atoms with Crippen molar-refractivity contribution in [2.75, 3.05) is 13.6 Å². The standard InChI is InChI=1S/C21H26F2N2O/c1-13-6-7-17(10-14(13)2)15(3)24-21(26)12-25(5)16(4)18-8-9-19(22)20(23)11-18/h6-11,15-16H,12H2,1-5H3,(H,24,26). The van der Waals surface area contributed by atoms with E-state index in [9.17, 15) is 13.6 Å². The Kier molecular flexibility index (Phi) is 6.48. The van der Waals surface area contributed by atoms with Gasteiger partial charge in [-0.25, -0.2) is 8.78 Å². The normalized spacial score (nSPS) is 13.5. The van der Waals surface area contributed by atoms with Crippen LogP contribution >= 0.6 is 0 Å². The summed E-state index contributed by atoms with van der Waals surface area (Å²) < 4.78 is 26.5. The quantitative estimate of drug-likeness (QED) is 0.825.